The summed E-state index contributed by atoms with van der Waals surface area (Å²) in [5, 5.41) is 11.3. The molecule has 0 fully saturated rings. The summed E-state index contributed by atoms with van der Waals surface area (Å²) in [6, 6.07) is 7.19. The van der Waals surface area contributed by atoms with Gasteiger partial charge in [-0.05, 0) is 37.3 Å². The summed E-state index contributed by atoms with van der Waals surface area (Å²) in [6.45, 7) is 1.50. The second-order valence-electron chi connectivity index (χ2n) is 4.29. The van der Waals surface area contributed by atoms with Crippen LogP contribution in [0, 0.1) is 24.6 Å². The minimum atomic E-state index is -0.531. The summed E-state index contributed by atoms with van der Waals surface area (Å²) in [6.07, 6.45) is 1.52. The third kappa shape index (κ3) is 3.88. The number of aromatic nitrogens is 1. The quantitative estimate of drug-likeness (QED) is 0.830. The molecule has 0 unspecified atom stereocenters. The Morgan fingerprint density at radius 2 is 2.19 bits per heavy atom. The molecule has 1 heterocycles. The lowest BCUT2D eigenvalue weighted by Crippen LogP contribution is -2.14. The van der Waals surface area contributed by atoms with Crippen molar-refractivity contribution in [2.45, 2.75) is 6.92 Å². The largest absolute Gasteiger partial charge is 0.384 e. The minimum absolute atomic E-state index is 0.108. The summed E-state index contributed by atoms with van der Waals surface area (Å²) in [4.78, 5) is 16.3. The number of aryl methyl sites for hydroxylation is 1. The van der Waals surface area contributed by atoms with E-state index in [2.05, 4.69) is 22.1 Å². The van der Waals surface area contributed by atoms with Gasteiger partial charge in [-0.25, -0.2) is 4.39 Å². The van der Waals surface area contributed by atoms with Gasteiger partial charge in [0, 0.05) is 11.3 Å². The Bertz CT molecular complexity index is 715. The van der Waals surface area contributed by atoms with Crippen LogP contribution in [0.3, 0.4) is 0 Å². The summed E-state index contributed by atoms with van der Waals surface area (Å²) in [5.74, 6) is 4.05. The number of hydrogen-bond donors (Lipinski definition) is 2. The van der Waals surface area contributed by atoms with Crippen molar-refractivity contribution in [1.29, 1.82) is 0 Å². The molecule has 0 aliphatic heterocycles. The number of pyridine rings is 1. The molecule has 0 saturated carbocycles. The zero-order valence-electron chi connectivity index (χ0n) is 11.4. The topological polar surface area (TPSA) is 62.2 Å². The zero-order valence-corrected chi connectivity index (χ0v) is 11.4. The summed E-state index contributed by atoms with van der Waals surface area (Å²) in [7, 11) is 0. The van der Waals surface area contributed by atoms with Crippen LogP contribution in [0.2, 0.25) is 0 Å². The van der Waals surface area contributed by atoms with E-state index in [0.29, 0.717) is 11.3 Å². The Labute approximate surface area is 121 Å². The molecule has 0 radical (unpaired) electrons. The van der Waals surface area contributed by atoms with Crippen LogP contribution in [0.5, 0.6) is 0 Å². The van der Waals surface area contributed by atoms with Crippen molar-refractivity contribution in [2.75, 3.05) is 11.9 Å². The van der Waals surface area contributed by atoms with Crippen molar-refractivity contribution < 1.29 is 14.3 Å². The summed E-state index contributed by atoms with van der Waals surface area (Å²) in [5.41, 5.74) is 1.80. The predicted octanol–water partition coefficient (Wildman–Crippen LogP) is 2.13. The van der Waals surface area contributed by atoms with Crippen LogP contribution in [0.15, 0.2) is 36.5 Å². The molecule has 4 nitrogen and oxygen atoms in total. The number of carbonyl (C=O) groups is 1. The Morgan fingerprint density at radius 3 is 2.86 bits per heavy atom. The molecule has 0 saturated heterocycles. The average Bonchev–Trinajstić information content (AvgIpc) is 2.48. The molecule has 0 atom stereocenters. The van der Waals surface area contributed by atoms with E-state index in [1.54, 1.807) is 12.1 Å². The first kappa shape index (κ1) is 14.7. The van der Waals surface area contributed by atoms with Crippen LogP contribution in [-0.2, 0) is 0 Å². The molecule has 1 aromatic carbocycles. The molecule has 1 aromatic heterocycles. The highest BCUT2D eigenvalue weighted by Crippen LogP contribution is 2.14. The van der Waals surface area contributed by atoms with Crippen molar-refractivity contribution in [3.8, 4) is 11.8 Å². The molecule has 2 aromatic rings. The molecule has 0 aliphatic carbocycles. The molecular weight excluding hydrogens is 271 g/mol. The van der Waals surface area contributed by atoms with Crippen molar-refractivity contribution in [3.63, 3.8) is 0 Å². The standard InChI is InChI=1S/C16H13FN2O2/c1-11-4-7-14(10-18-11)19-16(21)15-9-13(17)6-5-12(15)3-2-8-20/h4-7,9-10,20H,8H2,1H3,(H,19,21). The first-order valence-corrected chi connectivity index (χ1v) is 6.23. The van der Waals surface area contributed by atoms with E-state index in [9.17, 15) is 9.18 Å². The van der Waals surface area contributed by atoms with Gasteiger partial charge < -0.3 is 10.4 Å². The molecule has 21 heavy (non-hydrogen) atoms. The number of nitrogens with one attached hydrogen (secondary N) is 1. The summed E-state index contributed by atoms with van der Waals surface area (Å²) < 4.78 is 13.3. The number of aliphatic hydroxyl groups is 1. The highest BCUT2D eigenvalue weighted by Gasteiger charge is 2.12. The van der Waals surface area contributed by atoms with Gasteiger partial charge in [0.05, 0.1) is 17.4 Å². The van der Waals surface area contributed by atoms with Crippen molar-refractivity contribution in [2.24, 2.45) is 0 Å². The van der Waals surface area contributed by atoms with Crippen LogP contribution in [-0.4, -0.2) is 22.6 Å². The van der Waals surface area contributed by atoms with Gasteiger partial charge in [-0.2, -0.15) is 0 Å². The first-order chi connectivity index (χ1) is 10.1. The number of carbonyl (C=O) groups excluding carboxylic acids is 1. The zero-order chi connectivity index (χ0) is 15.2. The van der Waals surface area contributed by atoms with Gasteiger partial charge in [-0.15, -0.1) is 0 Å². The number of anilines is 1. The lowest BCUT2D eigenvalue weighted by Gasteiger charge is -2.07. The smallest absolute Gasteiger partial charge is 0.257 e. The molecule has 2 rings (SSSR count). The number of halogens is 1. The molecule has 0 aliphatic rings. The number of rotatable bonds is 2. The number of nitrogens with zero attached hydrogens (tertiary/aromatic N) is 1. The van der Waals surface area contributed by atoms with Gasteiger partial charge in [0.25, 0.3) is 5.91 Å². The van der Waals surface area contributed by atoms with Crippen LogP contribution in [0.1, 0.15) is 21.6 Å². The lowest BCUT2D eigenvalue weighted by molar-refractivity contribution is 0.102. The van der Waals surface area contributed by atoms with Crippen molar-refractivity contribution in [3.05, 3.63) is 59.2 Å². The first-order valence-electron chi connectivity index (χ1n) is 6.23. The van der Waals surface area contributed by atoms with Crippen molar-refractivity contribution >= 4 is 11.6 Å². The Balaban J connectivity index is 2.29. The molecule has 106 valence electrons. The maximum absolute atomic E-state index is 13.3. The molecule has 0 bridgehead atoms. The third-order valence-corrected chi connectivity index (χ3v) is 2.70. The van der Waals surface area contributed by atoms with Gasteiger partial charge in [-0.3, -0.25) is 9.78 Å². The maximum atomic E-state index is 13.3. The average molecular weight is 284 g/mol. The van der Waals surface area contributed by atoms with Gasteiger partial charge >= 0.3 is 0 Å². The van der Waals surface area contributed by atoms with Crippen LogP contribution >= 0.6 is 0 Å². The van der Waals surface area contributed by atoms with Gasteiger partial charge in [0.1, 0.15) is 12.4 Å². The number of hydrogen-bond acceptors (Lipinski definition) is 3. The number of aliphatic hydroxyl groups excluding tert-OH is 1. The van der Waals surface area contributed by atoms with Crippen LogP contribution in [0.25, 0.3) is 0 Å². The third-order valence-electron chi connectivity index (χ3n) is 2.70. The Kier molecular flexibility index (Phi) is 4.64. The molecule has 5 heteroatoms. The molecule has 0 spiro atoms. The Hall–Kier alpha value is -2.71. The number of benzene rings is 1. The lowest BCUT2D eigenvalue weighted by atomic mass is 10.1. The molecular formula is C16H13FN2O2. The van der Waals surface area contributed by atoms with Crippen LogP contribution in [0.4, 0.5) is 10.1 Å². The fourth-order valence-corrected chi connectivity index (χ4v) is 1.69. The minimum Gasteiger partial charge on any atom is -0.384 e. The SMILES string of the molecule is Cc1ccc(NC(=O)c2cc(F)ccc2C#CCO)cn1. The summed E-state index contributed by atoms with van der Waals surface area (Å²) >= 11 is 0. The van der Waals surface area contributed by atoms with E-state index in [4.69, 9.17) is 5.11 Å². The predicted molar refractivity (Wildman–Crippen MR) is 77.3 cm³/mol. The maximum Gasteiger partial charge on any atom is 0.257 e. The van der Waals surface area contributed by atoms with E-state index >= 15 is 0 Å². The van der Waals surface area contributed by atoms with E-state index in [0.717, 1.165) is 11.8 Å². The fourth-order valence-electron chi connectivity index (χ4n) is 1.69. The molecule has 1 amide bonds. The van der Waals surface area contributed by atoms with E-state index in [-0.39, 0.29) is 12.2 Å². The fraction of sp³-hybridized carbons (Fsp3) is 0.125. The van der Waals surface area contributed by atoms with Gasteiger partial charge in [-0.1, -0.05) is 11.8 Å². The second kappa shape index (κ2) is 6.64. The molecule has 2 N–H and O–H groups in total. The normalized spacial score (nSPS) is 9.67. The van der Waals surface area contributed by atoms with Gasteiger partial charge in [0.15, 0.2) is 0 Å². The van der Waals surface area contributed by atoms with E-state index < -0.39 is 11.7 Å². The highest BCUT2D eigenvalue weighted by atomic mass is 19.1. The van der Waals surface area contributed by atoms with E-state index in [1.165, 1.54) is 18.3 Å². The Morgan fingerprint density at radius 1 is 1.38 bits per heavy atom. The van der Waals surface area contributed by atoms with Crippen LogP contribution < -0.4 is 5.32 Å². The van der Waals surface area contributed by atoms with Crippen molar-refractivity contribution in [1.82, 2.24) is 4.98 Å². The van der Waals surface area contributed by atoms with E-state index in [1.807, 2.05) is 6.92 Å². The monoisotopic (exact) mass is 284 g/mol. The second-order valence-corrected chi connectivity index (χ2v) is 4.29. The number of amides is 1. The highest BCUT2D eigenvalue weighted by molar-refractivity contribution is 6.05. The van der Waals surface area contributed by atoms with Gasteiger partial charge in [0.2, 0.25) is 0 Å².